The Bertz CT molecular complexity index is 1080. The second kappa shape index (κ2) is 10.3. The monoisotopic (exact) mass is 460 g/mol. The summed E-state index contributed by atoms with van der Waals surface area (Å²) in [6, 6.07) is 8.16. The molecular formula is C23H26ClFN4O3. The summed E-state index contributed by atoms with van der Waals surface area (Å²) in [5.74, 6) is 1.36. The number of benzene rings is 2. The fourth-order valence-electron chi connectivity index (χ4n) is 3.78. The first kappa shape index (κ1) is 22.5. The molecule has 1 N–H and O–H groups in total. The maximum absolute atomic E-state index is 13.5. The second-order valence-electron chi connectivity index (χ2n) is 7.65. The zero-order chi connectivity index (χ0) is 22.5. The van der Waals surface area contributed by atoms with Crippen LogP contribution in [-0.2, 0) is 4.74 Å². The average Bonchev–Trinajstić information content (AvgIpc) is 2.81. The van der Waals surface area contributed by atoms with Gasteiger partial charge in [-0.15, -0.1) is 0 Å². The largest absolute Gasteiger partial charge is 0.493 e. The molecule has 0 unspecified atom stereocenters. The molecule has 4 rings (SSSR count). The number of likely N-dealkylation sites (tertiary alicyclic amines) is 1. The summed E-state index contributed by atoms with van der Waals surface area (Å²) in [6.45, 7) is 3.59. The van der Waals surface area contributed by atoms with Gasteiger partial charge in [0.05, 0.1) is 24.3 Å². The molecule has 1 fully saturated rings. The number of nitrogens with zero attached hydrogens (tertiary/aromatic N) is 3. The Balaban J connectivity index is 1.56. The van der Waals surface area contributed by atoms with Gasteiger partial charge < -0.3 is 24.4 Å². The van der Waals surface area contributed by atoms with E-state index in [1.54, 1.807) is 20.3 Å². The van der Waals surface area contributed by atoms with E-state index in [1.165, 1.54) is 18.5 Å². The van der Waals surface area contributed by atoms with Crippen LogP contribution in [0, 0.1) is 5.82 Å². The molecule has 7 nitrogen and oxygen atoms in total. The fraction of sp³-hybridized carbons (Fsp3) is 0.391. The van der Waals surface area contributed by atoms with Crippen molar-refractivity contribution >= 4 is 34.0 Å². The lowest BCUT2D eigenvalue weighted by Gasteiger charge is -2.32. The molecule has 9 heteroatoms. The number of methoxy groups -OCH3 is 2. The van der Waals surface area contributed by atoms with Gasteiger partial charge in [0.2, 0.25) is 0 Å². The summed E-state index contributed by atoms with van der Waals surface area (Å²) in [4.78, 5) is 11.1. The van der Waals surface area contributed by atoms with E-state index in [0.717, 1.165) is 44.5 Å². The molecule has 2 heterocycles. The highest BCUT2D eigenvalue weighted by Crippen LogP contribution is 2.36. The predicted octanol–water partition coefficient (Wildman–Crippen LogP) is 4.66. The van der Waals surface area contributed by atoms with Gasteiger partial charge in [-0.1, -0.05) is 11.6 Å². The SMILES string of the molecule is COCCN1CCC(Oc2cc3c(Nc4ccc(F)c(Cl)c4)ncnc3cc2OC)CC1. The normalized spacial score (nSPS) is 15.1. The van der Waals surface area contributed by atoms with Gasteiger partial charge in [0, 0.05) is 43.9 Å². The Kier molecular flexibility index (Phi) is 7.24. The van der Waals surface area contributed by atoms with Gasteiger partial charge >= 0.3 is 0 Å². The standard InChI is InChI=1S/C23H26ClFN4O3/c1-30-10-9-29-7-5-16(6-8-29)32-22-12-17-20(13-21(22)31-2)26-14-27-23(17)28-15-3-4-19(25)18(24)11-15/h3-4,11-14,16H,5-10H2,1-2H3,(H,26,27,28). The van der Waals surface area contributed by atoms with Crippen molar-refractivity contribution in [3.8, 4) is 11.5 Å². The maximum Gasteiger partial charge on any atom is 0.162 e. The third kappa shape index (κ3) is 5.20. The lowest BCUT2D eigenvalue weighted by atomic mass is 10.1. The van der Waals surface area contributed by atoms with Crippen molar-refractivity contribution in [3.63, 3.8) is 0 Å². The van der Waals surface area contributed by atoms with E-state index in [2.05, 4.69) is 20.2 Å². The van der Waals surface area contributed by atoms with Crippen LogP contribution in [0.1, 0.15) is 12.8 Å². The van der Waals surface area contributed by atoms with Crippen LogP contribution in [0.2, 0.25) is 5.02 Å². The molecular weight excluding hydrogens is 435 g/mol. The van der Waals surface area contributed by atoms with Gasteiger partial charge in [0.25, 0.3) is 0 Å². The molecule has 0 saturated carbocycles. The van der Waals surface area contributed by atoms with Crippen LogP contribution in [-0.4, -0.2) is 61.4 Å². The number of hydrogen-bond donors (Lipinski definition) is 1. The van der Waals surface area contributed by atoms with Gasteiger partial charge in [-0.05, 0) is 37.1 Å². The topological polar surface area (TPSA) is 68.7 Å². The summed E-state index contributed by atoms with van der Waals surface area (Å²) in [6.07, 6.45) is 3.41. The minimum atomic E-state index is -0.474. The molecule has 1 aromatic heterocycles. The van der Waals surface area contributed by atoms with E-state index in [1.807, 2.05) is 12.1 Å². The van der Waals surface area contributed by atoms with Crippen molar-refractivity contribution in [2.24, 2.45) is 0 Å². The molecule has 0 atom stereocenters. The predicted molar refractivity (Wildman–Crippen MR) is 123 cm³/mol. The number of ether oxygens (including phenoxy) is 3. The molecule has 0 amide bonds. The number of hydrogen-bond acceptors (Lipinski definition) is 7. The van der Waals surface area contributed by atoms with Crippen molar-refractivity contribution < 1.29 is 18.6 Å². The Labute approximate surface area is 191 Å². The smallest absolute Gasteiger partial charge is 0.162 e. The number of rotatable bonds is 8. The third-order valence-corrected chi connectivity index (χ3v) is 5.83. The van der Waals surface area contributed by atoms with Crippen molar-refractivity contribution in [2.75, 3.05) is 45.8 Å². The van der Waals surface area contributed by atoms with E-state index >= 15 is 0 Å². The second-order valence-corrected chi connectivity index (χ2v) is 8.06. The summed E-state index contributed by atoms with van der Waals surface area (Å²) in [7, 11) is 3.33. The molecule has 1 saturated heterocycles. The van der Waals surface area contributed by atoms with Crippen LogP contribution in [0.3, 0.4) is 0 Å². The number of aromatic nitrogens is 2. The number of anilines is 2. The highest BCUT2D eigenvalue weighted by molar-refractivity contribution is 6.31. The van der Waals surface area contributed by atoms with Gasteiger partial charge in [0.15, 0.2) is 11.5 Å². The highest BCUT2D eigenvalue weighted by Gasteiger charge is 2.22. The number of halogens is 2. The molecule has 0 spiro atoms. The van der Waals surface area contributed by atoms with E-state index < -0.39 is 5.82 Å². The maximum atomic E-state index is 13.5. The highest BCUT2D eigenvalue weighted by atomic mass is 35.5. The van der Waals surface area contributed by atoms with Crippen molar-refractivity contribution in [2.45, 2.75) is 18.9 Å². The lowest BCUT2D eigenvalue weighted by Crippen LogP contribution is -2.39. The van der Waals surface area contributed by atoms with Crippen molar-refractivity contribution in [3.05, 3.63) is 47.5 Å². The first-order chi connectivity index (χ1) is 15.6. The van der Waals surface area contributed by atoms with Crippen LogP contribution < -0.4 is 14.8 Å². The van der Waals surface area contributed by atoms with Crippen LogP contribution in [0.15, 0.2) is 36.7 Å². The van der Waals surface area contributed by atoms with E-state index in [4.69, 9.17) is 25.8 Å². The average molecular weight is 461 g/mol. The Morgan fingerprint density at radius 2 is 1.94 bits per heavy atom. The molecule has 0 bridgehead atoms. The molecule has 1 aliphatic rings. The first-order valence-electron chi connectivity index (χ1n) is 10.5. The van der Waals surface area contributed by atoms with Crippen LogP contribution in [0.5, 0.6) is 11.5 Å². The summed E-state index contributed by atoms with van der Waals surface area (Å²) in [5.41, 5.74) is 1.33. The molecule has 32 heavy (non-hydrogen) atoms. The summed E-state index contributed by atoms with van der Waals surface area (Å²) < 4.78 is 30.6. The van der Waals surface area contributed by atoms with Gasteiger partial charge in [-0.2, -0.15) is 0 Å². The molecule has 2 aromatic carbocycles. The molecule has 3 aromatic rings. The quantitative estimate of drug-likeness (QED) is 0.524. The Morgan fingerprint density at radius 3 is 2.66 bits per heavy atom. The minimum Gasteiger partial charge on any atom is -0.493 e. The Hall–Kier alpha value is -2.68. The number of piperidine rings is 1. The lowest BCUT2D eigenvalue weighted by molar-refractivity contribution is 0.0782. The summed E-state index contributed by atoms with van der Waals surface area (Å²) >= 11 is 5.92. The third-order valence-electron chi connectivity index (χ3n) is 5.54. The Morgan fingerprint density at radius 1 is 1.12 bits per heavy atom. The first-order valence-corrected chi connectivity index (χ1v) is 10.9. The zero-order valence-electron chi connectivity index (χ0n) is 18.1. The molecule has 0 radical (unpaired) electrons. The van der Waals surface area contributed by atoms with Crippen LogP contribution in [0.4, 0.5) is 15.9 Å². The minimum absolute atomic E-state index is 0.0379. The molecule has 0 aliphatic carbocycles. The van der Waals surface area contributed by atoms with Crippen LogP contribution in [0.25, 0.3) is 10.9 Å². The number of nitrogens with one attached hydrogen (secondary N) is 1. The summed E-state index contributed by atoms with van der Waals surface area (Å²) in [5, 5.41) is 3.99. The van der Waals surface area contributed by atoms with E-state index in [0.29, 0.717) is 28.5 Å². The molecule has 1 aliphatic heterocycles. The van der Waals surface area contributed by atoms with E-state index in [-0.39, 0.29) is 11.1 Å². The van der Waals surface area contributed by atoms with Crippen molar-refractivity contribution in [1.29, 1.82) is 0 Å². The number of fused-ring (bicyclic) bond motifs is 1. The zero-order valence-corrected chi connectivity index (χ0v) is 18.9. The van der Waals surface area contributed by atoms with Crippen LogP contribution >= 0.6 is 11.6 Å². The van der Waals surface area contributed by atoms with Gasteiger partial charge in [-0.25, -0.2) is 14.4 Å². The van der Waals surface area contributed by atoms with Gasteiger partial charge in [-0.3, -0.25) is 0 Å². The van der Waals surface area contributed by atoms with E-state index in [9.17, 15) is 4.39 Å². The fourth-order valence-corrected chi connectivity index (χ4v) is 3.96. The molecule has 170 valence electrons. The van der Waals surface area contributed by atoms with Crippen molar-refractivity contribution in [1.82, 2.24) is 14.9 Å². The van der Waals surface area contributed by atoms with Gasteiger partial charge in [0.1, 0.15) is 24.1 Å².